The molecule has 4 aromatic rings. The van der Waals surface area contributed by atoms with Gasteiger partial charge in [-0.25, -0.2) is 19.8 Å². The third-order valence-electron chi connectivity index (χ3n) is 6.26. The first-order valence-corrected chi connectivity index (χ1v) is 12.4. The summed E-state index contributed by atoms with van der Waals surface area (Å²) in [5, 5.41) is 7.13. The van der Waals surface area contributed by atoms with E-state index in [0.717, 1.165) is 22.3 Å². The number of pyridine rings is 1. The minimum absolute atomic E-state index is 0.00968. The van der Waals surface area contributed by atoms with E-state index in [1.54, 1.807) is 24.3 Å². The lowest BCUT2D eigenvalue weighted by molar-refractivity contribution is 0.0548. The summed E-state index contributed by atoms with van der Waals surface area (Å²) in [5.41, 5.74) is 4.34. The molecule has 1 aliphatic rings. The van der Waals surface area contributed by atoms with Crippen LogP contribution in [-0.2, 0) is 17.7 Å². The minimum atomic E-state index is -0.599. The SMILES string of the molecule is C=CCOC(=O)c1ccc2c(c1C)CCC2=NC(=O)c1cc(C(=O)NCc2ccnc(Cl)c2)nc2ncnn12. The third-order valence-corrected chi connectivity index (χ3v) is 6.46. The largest absolute Gasteiger partial charge is 0.458 e. The smallest absolute Gasteiger partial charge is 0.338 e. The van der Waals surface area contributed by atoms with Gasteiger partial charge in [0.15, 0.2) is 0 Å². The number of carbonyl (C=O) groups excluding carboxylic acids is 3. The van der Waals surface area contributed by atoms with Crippen LogP contribution < -0.4 is 5.32 Å². The highest BCUT2D eigenvalue weighted by Crippen LogP contribution is 2.29. The van der Waals surface area contributed by atoms with Gasteiger partial charge < -0.3 is 10.1 Å². The van der Waals surface area contributed by atoms with Crippen LogP contribution in [-0.4, -0.2) is 54.7 Å². The normalized spacial score (nSPS) is 13.3. The number of amides is 2. The van der Waals surface area contributed by atoms with E-state index in [9.17, 15) is 14.4 Å². The number of hydrogen-bond donors (Lipinski definition) is 1. The molecule has 3 heterocycles. The maximum absolute atomic E-state index is 13.4. The van der Waals surface area contributed by atoms with Gasteiger partial charge >= 0.3 is 5.97 Å². The molecule has 5 rings (SSSR count). The van der Waals surface area contributed by atoms with Crippen LogP contribution in [0, 0.1) is 6.92 Å². The number of aromatic nitrogens is 5. The number of rotatable bonds is 7. The van der Waals surface area contributed by atoms with E-state index in [2.05, 4.69) is 36.9 Å². The molecule has 0 saturated heterocycles. The van der Waals surface area contributed by atoms with Gasteiger partial charge in [0.2, 0.25) is 0 Å². The number of hydrogen-bond acceptors (Lipinski definition) is 8. The number of benzene rings is 1. The van der Waals surface area contributed by atoms with Crippen molar-refractivity contribution in [2.24, 2.45) is 4.99 Å². The molecule has 0 spiro atoms. The maximum atomic E-state index is 13.4. The first-order valence-electron chi connectivity index (χ1n) is 12.0. The highest BCUT2D eigenvalue weighted by molar-refractivity contribution is 6.29. The van der Waals surface area contributed by atoms with Gasteiger partial charge in [-0.15, -0.1) is 0 Å². The Labute approximate surface area is 227 Å². The lowest BCUT2D eigenvalue weighted by Gasteiger charge is -2.10. The van der Waals surface area contributed by atoms with Gasteiger partial charge in [0.25, 0.3) is 17.6 Å². The first-order chi connectivity index (χ1) is 18.9. The van der Waals surface area contributed by atoms with E-state index in [0.29, 0.717) is 29.3 Å². The van der Waals surface area contributed by atoms with Gasteiger partial charge in [-0.3, -0.25) is 9.59 Å². The fourth-order valence-electron chi connectivity index (χ4n) is 4.36. The molecule has 1 aliphatic carbocycles. The van der Waals surface area contributed by atoms with Crippen molar-refractivity contribution in [2.75, 3.05) is 6.61 Å². The molecule has 0 aliphatic heterocycles. The molecule has 1 N–H and O–H groups in total. The van der Waals surface area contributed by atoms with E-state index < -0.39 is 17.8 Å². The topological polar surface area (TPSA) is 141 Å². The van der Waals surface area contributed by atoms with Crippen LogP contribution in [0.15, 0.2) is 60.5 Å². The molecule has 3 aromatic heterocycles. The van der Waals surface area contributed by atoms with Crippen LogP contribution in [0.4, 0.5) is 0 Å². The molecule has 1 aromatic carbocycles. The standard InChI is InChI=1S/C27H22ClN7O4/c1-3-10-39-26(38)18-4-5-19-17(15(18)2)6-7-20(19)33-25(37)22-12-21(34-27-31-14-32-35(22)27)24(36)30-13-16-8-9-29-23(28)11-16/h3-5,8-9,11-12,14H,1,6-7,10,13H2,2H3,(H,30,36). The van der Waals surface area contributed by atoms with Gasteiger partial charge in [-0.05, 0) is 60.2 Å². The monoisotopic (exact) mass is 543 g/mol. The number of ether oxygens (including phenoxy) is 1. The second kappa shape index (κ2) is 10.9. The van der Waals surface area contributed by atoms with Crippen LogP contribution in [0.2, 0.25) is 5.15 Å². The summed E-state index contributed by atoms with van der Waals surface area (Å²) in [4.78, 5) is 55.2. The molecule has 0 unspecified atom stereocenters. The third kappa shape index (κ3) is 5.30. The highest BCUT2D eigenvalue weighted by atomic mass is 35.5. The lowest BCUT2D eigenvalue weighted by Crippen LogP contribution is -2.25. The van der Waals surface area contributed by atoms with Crippen molar-refractivity contribution >= 4 is 40.9 Å². The summed E-state index contributed by atoms with van der Waals surface area (Å²) in [6.45, 7) is 5.71. The van der Waals surface area contributed by atoms with Crippen LogP contribution in [0.3, 0.4) is 0 Å². The Balaban J connectivity index is 1.41. The fraction of sp³-hybridized carbons (Fsp3) is 0.185. The molecule has 0 saturated carbocycles. The van der Waals surface area contributed by atoms with Crippen LogP contribution in [0.25, 0.3) is 5.78 Å². The summed E-state index contributed by atoms with van der Waals surface area (Å²) in [7, 11) is 0. The van der Waals surface area contributed by atoms with Crippen molar-refractivity contribution in [1.29, 1.82) is 0 Å². The Morgan fingerprint density at radius 2 is 2.05 bits per heavy atom. The van der Waals surface area contributed by atoms with Crippen LogP contribution in [0.1, 0.15) is 60.0 Å². The molecular weight excluding hydrogens is 522 g/mol. The highest BCUT2D eigenvalue weighted by Gasteiger charge is 2.25. The Kier molecular flexibility index (Phi) is 7.24. The van der Waals surface area contributed by atoms with Crippen molar-refractivity contribution in [3.05, 3.63) is 99.9 Å². The number of aliphatic imine (C=N–C) groups is 1. The van der Waals surface area contributed by atoms with E-state index in [-0.39, 0.29) is 30.3 Å². The Hall–Kier alpha value is -4.77. The van der Waals surface area contributed by atoms with Gasteiger partial charge in [0.05, 0.1) is 11.3 Å². The van der Waals surface area contributed by atoms with Gasteiger partial charge in [-0.1, -0.05) is 30.3 Å². The number of nitrogens with one attached hydrogen (secondary N) is 1. The van der Waals surface area contributed by atoms with E-state index in [1.807, 2.05) is 6.92 Å². The predicted molar refractivity (Wildman–Crippen MR) is 142 cm³/mol. The van der Waals surface area contributed by atoms with Crippen LogP contribution >= 0.6 is 11.6 Å². The second-order valence-corrected chi connectivity index (χ2v) is 9.07. The van der Waals surface area contributed by atoms with Crippen molar-refractivity contribution in [3.63, 3.8) is 0 Å². The lowest BCUT2D eigenvalue weighted by atomic mass is 9.98. The van der Waals surface area contributed by atoms with Gasteiger partial charge in [0.1, 0.15) is 29.5 Å². The Morgan fingerprint density at radius 3 is 2.85 bits per heavy atom. The molecular formula is C27H22ClN7O4. The summed E-state index contributed by atoms with van der Waals surface area (Å²) >= 11 is 5.91. The fourth-order valence-corrected chi connectivity index (χ4v) is 4.56. The number of halogens is 1. The maximum Gasteiger partial charge on any atom is 0.338 e. The van der Waals surface area contributed by atoms with E-state index in [1.165, 1.54) is 29.2 Å². The van der Waals surface area contributed by atoms with Gasteiger partial charge in [-0.2, -0.15) is 14.6 Å². The zero-order valence-corrected chi connectivity index (χ0v) is 21.6. The van der Waals surface area contributed by atoms with Crippen molar-refractivity contribution in [1.82, 2.24) is 29.9 Å². The van der Waals surface area contributed by atoms with Crippen molar-refractivity contribution in [2.45, 2.75) is 26.3 Å². The van der Waals surface area contributed by atoms with Gasteiger partial charge in [0, 0.05) is 18.8 Å². The molecule has 0 bridgehead atoms. The average Bonchev–Trinajstić information content (AvgIpc) is 3.57. The summed E-state index contributed by atoms with van der Waals surface area (Å²) in [5.74, 6) is -1.45. The minimum Gasteiger partial charge on any atom is -0.458 e. The predicted octanol–water partition coefficient (Wildman–Crippen LogP) is 3.33. The zero-order chi connectivity index (χ0) is 27.5. The summed E-state index contributed by atoms with van der Waals surface area (Å²) < 4.78 is 6.42. The molecule has 0 radical (unpaired) electrons. The Bertz CT molecular complexity index is 1680. The zero-order valence-electron chi connectivity index (χ0n) is 20.8. The van der Waals surface area contributed by atoms with E-state index in [4.69, 9.17) is 16.3 Å². The quantitative estimate of drug-likeness (QED) is 0.212. The first kappa shape index (κ1) is 25.9. The molecule has 39 heavy (non-hydrogen) atoms. The molecule has 0 atom stereocenters. The number of carbonyl (C=O) groups is 3. The number of nitrogens with zero attached hydrogens (tertiary/aromatic N) is 6. The summed E-state index contributed by atoms with van der Waals surface area (Å²) in [6.07, 6.45) is 5.43. The van der Waals surface area contributed by atoms with Crippen molar-refractivity contribution < 1.29 is 19.1 Å². The van der Waals surface area contributed by atoms with Crippen LogP contribution in [0.5, 0.6) is 0 Å². The molecule has 2 amide bonds. The molecule has 12 heteroatoms. The average molecular weight is 544 g/mol. The number of esters is 1. The summed E-state index contributed by atoms with van der Waals surface area (Å²) in [6, 6.07) is 8.14. The Morgan fingerprint density at radius 1 is 1.21 bits per heavy atom. The molecule has 11 nitrogen and oxygen atoms in total. The molecule has 0 fully saturated rings. The number of fused-ring (bicyclic) bond motifs is 2. The second-order valence-electron chi connectivity index (χ2n) is 8.68. The molecule has 196 valence electrons. The van der Waals surface area contributed by atoms with Crippen molar-refractivity contribution in [3.8, 4) is 0 Å². The van der Waals surface area contributed by atoms with E-state index >= 15 is 0 Å².